The normalized spacial score (nSPS) is 19.1. The number of nitrogens with zero attached hydrogens (tertiary/aromatic N) is 1. The van der Waals surface area contributed by atoms with Crippen molar-refractivity contribution in [2.45, 2.75) is 11.8 Å². The van der Waals surface area contributed by atoms with Gasteiger partial charge in [-0.05, 0) is 30.2 Å². The van der Waals surface area contributed by atoms with Gasteiger partial charge in [-0.25, -0.2) is 0 Å². The molecular weight excluding hydrogens is 346 g/mol. The second-order valence-electron chi connectivity index (χ2n) is 5.71. The first kappa shape index (κ1) is 15.7. The number of ether oxygens (including phenoxy) is 2. The number of hydrogen-bond acceptors (Lipinski definition) is 4. The van der Waals surface area contributed by atoms with Crippen LogP contribution in [0.2, 0.25) is 5.02 Å². The van der Waals surface area contributed by atoms with Gasteiger partial charge in [0.2, 0.25) is 12.7 Å². The Balaban J connectivity index is 1.50. The Morgan fingerprint density at radius 3 is 2.88 bits per heavy atom. The summed E-state index contributed by atoms with van der Waals surface area (Å²) < 4.78 is 10.7. The zero-order chi connectivity index (χ0) is 16.5. The van der Waals surface area contributed by atoms with Crippen molar-refractivity contribution in [3.63, 3.8) is 0 Å². The maximum absolute atomic E-state index is 12.3. The summed E-state index contributed by atoms with van der Waals surface area (Å²) in [4.78, 5) is 14.2. The van der Waals surface area contributed by atoms with Crippen LogP contribution in [-0.4, -0.2) is 29.9 Å². The van der Waals surface area contributed by atoms with Crippen LogP contribution in [0.25, 0.3) is 0 Å². The number of benzene rings is 2. The average molecular weight is 362 g/mol. The summed E-state index contributed by atoms with van der Waals surface area (Å²) in [6.45, 7) is 0.927. The molecule has 124 valence electrons. The van der Waals surface area contributed by atoms with Crippen molar-refractivity contribution < 1.29 is 14.3 Å². The minimum atomic E-state index is -0.0137. The zero-order valence-corrected chi connectivity index (χ0v) is 14.5. The first-order valence-electron chi connectivity index (χ1n) is 7.76. The molecule has 2 heterocycles. The molecule has 0 aromatic heterocycles. The van der Waals surface area contributed by atoms with Crippen molar-refractivity contribution in [3.8, 4) is 11.5 Å². The van der Waals surface area contributed by atoms with Gasteiger partial charge in [0.25, 0.3) is 0 Å². The molecule has 4 nitrogen and oxygen atoms in total. The van der Waals surface area contributed by atoms with Crippen molar-refractivity contribution in [2.75, 3.05) is 19.1 Å². The number of halogens is 1. The first-order chi connectivity index (χ1) is 11.7. The minimum absolute atomic E-state index is 0.0137. The molecule has 2 aromatic rings. The van der Waals surface area contributed by atoms with Gasteiger partial charge in [0.1, 0.15) is 5.37 Å². The molecule has 0 N–H and O–H groups in total. The van der Waals surface area contributed by atoms with Gasteiger partial charge in [-0.1, -0.05) is 35.9 Å². The van der Waals surface area contributed by atoms with Crippen LogP contribution >= 0.6 is 23.4 Å². The molecule has 0 bridgehead atoms. The Labute approximate surface area is 149 Å². The van der Waals surface area contributed by atoms with Gasteiger partial charge >= 0.3 is 0 Å². The average Bonchev–Trinajstić information content (AvgIpc) is 3.19. The van der Waals surface area contributed by atoms with Gasteiger partial charge in [0.15, 0.2) is 11.5 Å². The standard InChI is InChI=1S/C18H16ClNO3S/c19-14-4-2-1-3-13(14)18-20(17(21)10-24-18)8-7-12-5-6-15-16(9-12)23-11-22-15/h1-6,9,18H,7-8,10-11H2. The van der Waals surface area contributed by atoms with Crippen LogP contribution in [0.4, 0.5) is 0 Å². The largest absolute Gasteiger partial charge is 0.454 e. The minimum Gasteiger partial charge on any atom is -0.454 e. The fraction of sp³-hybridized carbons (Fsp3) is 0.278. The van der Waals surface area contributed by atoms with E-state index in [0.29, 0.717) is 17.3 Å². The van der Waals surface area contributed by atoms with Crippen LogP contribution in [-0.2, 0) is 11.2 Å². The van der Waals surface area contributed by atoms with Gasteiger partial charge in [-0.3, -0.25) is 4.79 Å². The molecule has 1 atom stereocenters. The Hall–Kier alpha value is -1.85. The van der Waals surface area contributed by atoms with E-state index in [9.17, 15) is 4.79 Å². The number of hydrogen-bond donors (Lipinski definition) is 0. The van der Waals surface area contributed by atoms with Crippen molar-refractivity contribution in [3.05, 3.63) is 58.6 Å². The number of fused-ring (bicyclic) bond motifs is 1. The van der Waals surface area contributed by atoms with E-state index >= 15 is 0 Å². The first-order valence-corrected chi connectivity index (χ1v) is 9.19. The van der Waals surface area contributed by atoms with E-state index in [1.165, 1.54) is 0 Å². The predicted molar refractivity (Wildman–Crippen MR) is 94.6 cm³/mol. The van der Waals surface area contributed by atoms with Gasteiger partial charge in [-0.2, -0.15) is 0 Å². The SMILES string of the molecule is O=C1CSC(c2ccccc2Cl)N1CCc1ccc2c(c1)OCO2. The molecule has 2 aromatic carbocycles. The van der Waals surface area contributed by atoms with Crippen LogP contribution < -0.4 is 9.47 Å². The van der Waals surface area contributed by atoms with Crippen LogP contribution in [0.3, 0.4) is 0 Å². The Bertz CT molecular complexity index is 783. The van der Waals surface area contributed by atoms with Crippen LogP contribution in [0.5, 0.6) is 11.5 Å². The lowest BCUT2D eigenvalue weighted by atomic mass is 10.1. The van der Waals surface area contributed by atoms with E-state index in [1.54, 1.807) is 11.8 Å². The summed E-state index contributed by atoms with van der Waals surface area (Å²) in [7, 11) is 0. The molecule has 1 fully saturated rings. The Morgan fingerprint density at radius 2 is 2.00 bits per heavy atom. The second-order valence-corrected chi connectivity index (χ2v) is 7.19. The highest BCUT2D eigenvalue weighted by Crippen LogP contribution is 2.41. The fourth-order valence-electron chi connectivity index (χ4n) is 2.97. The summed E-state index contributed by atoms with van der Waals surface area (Å²) in [5, 5.41) is 0.693. The zero-order valence-electron chi connectivity index (χ0n) is 12.9. The molecule has 0 saturated carbocycles. The van der Waals surface area contributed by atoms with E-state index in [0.717, 1.165) is 29.0 Å². The van der Waals surface area contributed by atoms with Crippen molar-refractivity contribution in [2.24, 2.45) is 0 Å². The summed E-state index contributed by atoms with van der Waals surface area (Å²) in [5.41, 5.74) is 2.13. The van der Waals surface area contributed by atoms with Gasteiger partial charge < -0.3 is 14.4 Å². The Morgan fingerprint density at radius 1 is 1.17 bits per heavy atom. The highest BCUT2D eigenvalue weighted by molar-refractivity contribution is 8.00. The summed E-state index contributed by atoms with van der Waals surface area (Å²) in [5.74, 6) is 2.21. The number of carbonyl (C=O) groups excluding carboxylic acids is 1. The third-order valence-corrected chi connectivity index (χ3v) is 5.80. The van der Waals surface area contributed by atoms with E-state index in [2.05, 4.69) is 0 Å². The van der Waals surface area contributed by atoms with Crippen molar-refractivity contribution in [1.82, 2.24) is 4.90 Å². The van der Waals surface area contributed by atoms with Crippen LogP contribution in [0.15, 0.2) is 42.5 Å². The molecule has 2 aliphatic heterocycles. The third kappa shape index (κ3) is 2.94. The van der Waals surface area contributed by atoms with Gasteiger partial charge in [-0.15, -0.1) is 11.8 Å². The molecule has 0 aliphatic carbocycles. The summed E-state index contributed by atoms with van der Waals surface area (Å²) >= 11 is 7.95. The second kappa shape index (κ2) is 6.57. The highest BCUT2D eigenvalue weighted by Gasteiger charge is 2.33. The summed E-state index contributed by atoms with van der Waals surface area (Å²) in [6.07, 6.45) is 0.768. The van der Waals surface area contributed by atoms with Crippen LogP contribution in [0, 0.1) is 0 Å². The fourth-order valence-corrected chi connectivity index (χ4v) is 4.53. The van der Waals surface area contributed by atoms with E-state index in [-0.39, 0.29) is 18.1 Å². The van der Waals surface area contributed by atoms with Crippen molar-refractivity contribution in [1.29, 1.82) is 0 Å². The maximum Gasteiger partial charge on any atom is 0.233 e. The molecule has 1 unspecified atom stereocenters. The molecule has 1 amide bonds. The number of rotatable bonds is 4. The van der Waals surface area contributed by atoms with E-state index in [1.807, 2.05) is 47.4 Å². The molecule has 0 radical (unpaired) electrons. The smallest absolute Gasteiger partial charge is 0.233 e. The topological polar surface area (TPSA) is 38.8 Å². The third-order valence-electron chi connectivity index (χ3n) is 4.22. The number of carbonyl (C=O) groups is 1. The lowest BCUT2D eigenvalue weighted by Crippen LogP contribution is -2.30. The molecule has 24 heavy (non-hydrogen) atoms. The monoisotopic (exact) mass is 361 g/mol. The lowest BCUT2D eigenvalue weighted by molar-refractivity contribution is -0.128. The highest BCUT2D eigenvalue weighted by atomic mass is 35.5. The lowest BCUT2D eigenvalue weighted by Gasteiger charge is -2.25. The summed E-state index contributed by atoms with van der Waals surface area (Å²) in [6, 6.07) is 13.7. The Kier molecular flexibility index (Phi) is 4.29. The molecule has 2 aliphatic rings. The van der Waals surface area contributed by atoms with Crippen molar-refractivity contribution >= 4 is 29.3 Å². The molecule has 6 heteroatoms. The maximum atomic E-state index is 12.3. The molecular formula is C18H16ClNO3S. The van der Waals surface area contributed by atoms with Gasteiger partial charge in [0, 0.05) is 17.1 Å². The predicted octanol–water partition coefficient (Wildman–Crippen LogP) is 3.89. The van der Waals surface area contributed by atoms with Crippen LogP contribution in [0.1, 0.15) is 16.5 Å². The van der Waals surface area contributed by atoms with E-state index < -0.39 is 0 Å². The quantitative estimate of drug-likeness (QED) is 0.828. The molecule has 0 spiro atoms. The molecule has 4 rings (SSSR count). The van der Waals surface area contributed by atoms with E-state index in [4.69, 9.17) is 21.1 Å². The molecule has 1 saturated heterocycles. The number of amides is 1. The number of thioether (sulfide) groups is 1. The van der Waals surface area contributed by atoms with Gasteiger partial charge in [0.05, 0.1) is 5.75 Å².